The number of anilines is 1. The summed E-state index contributed by atoms with van der Waals surface area (Å²) in [5.74, 6) is 1.65. The molecular weight excluding hydrogens is 238 g/mol. The normalized spacial score (nSPS) is 10.0. The molecule has 3 nitrogen and oxygen atoms in total. The van der Waals surface area contributed by atoms with Crippen LogP contribution in [0, 0.1) is 0 Å². The van der Waals surface area contributed by atoms with Crippen molar-refractivity contribution in [2.45, 2.75) is 6.42 Å². The van der Waals surface area contributed by atoms with Gasteiger partial charge in [0.05, 0.1) is 19.9 Å². The first kappa shape index (κ1) is 13.3. The Labute approximate surface area is 114 Å². The summed E-state index contributed by atoms with van der Waals surface area (Å²) in [6.07, 6.45) is 0.973. The molecule has 0 aliphatic heterocycles. The van der Waals surface area contributed by atoms with E-state index in [1.807, 2.05) is 24.3 Å². The van der Waals surface area contributed by atoms with Gasteiger partial charge in [-0.15, -0.1) is 0 Å². The van der Waals surface area contributed by atoms with Crippen LogP contribution >= 0.6 is 0 Å². The molecule has 0 fully saturated rings. The average Bonchev–Trinajstić information content (AvgIpc) is 2.48. The van der Waals surface area contributed by atoms with E-state index < -0.39 is 0 Å². The lowest BCUT2D eigenvalue weighted by atomic mass is 10.1. The third-order valence-electron chi connectivity index (χ3n) is 2.98. The molecule has 2 aromatic carbocycles. The van der Waals surface area contributed by atoms with E-state index in [4.69, 9.17) is 9.47 Å². The van der Waals surface area contributed by atoms with Crippen LogP contribution in [-0.2, 0) is 6.42 Å². The fourth-order valence-electron chi connectivity index (χ4n) is 1.94. The van der Waals surface area contributed by atoms with E-state index in [-0.39, 0.29) is 0 Å². The molecule has 0 saturated heterocycles. The molecule has 100 valence electrons. The molecule has 19 heavy (non-hydrogen) atoms. The Morgan fingerprint density at radius 3 is 2.42 bits per heavy atom. The SMILES string of the molecule is COc1ccc(OC)c(NCCc2ccccc2)c1. The maximum absolute atomic E-state index is 5.33. The molecule has 0 radical (unpaired) electrons. The van der Waals surface area contributed by atoms with Gasteiger partial charge in [0.2, 0.25) is 0 Å². The van der Waals surface area contributed by atoms with Crippen molar-refractivity contribution in [1.82, 2.24) is 0 Å². The van der Waals surface area contributed by atoms with E-state index in [2.05, 4.69) is 29.6 Å². The molecule has 0 bridgehead atoms. The molecule has 0 heterocycles. The van der Waals surface area contributed by atoms with E-state index in [1.54, 1.807) is 14.2 Å². The minimum atomic E-state index is 0.822. The van der Waals surface area contributed by atoms with E-state index >= 15 is 0 Å². The summed E-state index contributed by atoms with van der Waals surface area (Å²) in [5.41, 5.74) is 2.27. The van der Waals surface area contributed by atoms with Crippen LogP contribution in [0.25, 0.3) is 0 Å². The monoisotopic (exact) mass is 257 g/mol. The fourth-order valence-corrected chi connectivity index (χ4v) is 1.94. The van der Waals surface area contributed by atoms with E-state index in [1.165, 1.54) is 5.56 Å². The van der Waals surface area contributed by atoms with Gasteiger partial charge < -0.3 is 14.8 Å². The van der Waals surface area contributed by atoms with Crippen LogP contribution in [0.15, 0.2) is 48.5 Å². The van der Waals surface area contributed by atoms with Crippen molar-refractivity contribution in [3.05, 3.63) is 54.1 Å². The van der Waals surface area contributed by atoms with Crippen molar-refractivity contribution in [2.24, 2.45) is 0 Å². The van der Waals surface area contributed by atoms with Gasteiger partial charge in [-0.1, -0.05) is 30.3 Å². The standard InChI is InChI=1S/C16H19NO2/c1-18-14-8-9-16(19-2)15(12-14)17-11-10-13-6-4-3-5-7-13/h3-9,12,17H,10-11H2,1-2H3. The van der Waals surface area contributed by atoms with Crippen LogP contribution < -0.4 is 14.8 Å². The average molecular weight is 257 g/mol. The molecule has 0 unspecified atom stereocenters. The summed E-state index contributed by atoms with van der Waals surface area (Å²) in [7, 11) is 3.33. The Bertz CT molecular complexity index is 511. The molecule has 0 aromatic heterocycles. The number of nitrogens with one attached hydrogen (secondary N) is 1. The predicted octanol–water partition coefficient (Wildman–Crippen LogP) is 3.36. The Balaban J connectivity index is 1.98. The van der Waals surface area contributed by atoms with Gasteiger partial charge in [0.25, 0.3) is 0 Å². The number of hydrogen-bond donors (Lipinski definition) is 1. The minimum absolute atomic E-state index is 0.822. The lowest BCUT2D eigenvalue weighted by Crippen LogP contribution is -2.06. The maximum atomic E-state index is 5.33. The van der Waals surface area contributed by atoms with E-state index in [0.29, 0.717) is 0 Å². The van der Waals surface area contributed by atoms with Gasteiger partial charge in [0.15, 0.2) is 0 Å². The van der Waals surface area contributed by atoms with Crippen LogP contribution in [0.4, 0.5) is 5.69 Å². The first-order valence-electron chi connectivity index (χ1n) is 6.33. The third-order valence-corrected chi connectivity index (χ3v) is 2.98. The zero-order valence-electron chi connectivity index (χ0n) is 11.3. The highest BCUT2D eigenvalue weighted by atomic mass is 16.5. The summed E-state index contributed by atoms with van der Waals surface area (Å²) in [4.78, 5) is 0. The van der Waals surface area contributed by atoms with Gasteiger partial charge in [0.1, 0.15) is 11.5 Å². The summed E-state index contributed by atoms with van der Waals surface area (Å²) < 4.78 is 10.6. The zero-order chi connectivity index (χ0) is 13.5. The molecule has 2 rings (SSSR count). The zero-order valence-corrected chi connectivity index (χ0v) is 11.3. The number of ether oxygens (including phenoxy) is 2. The van der Waals surface area contributed by atoms with Crippen LogP contribution in [0.5, 0.6) is 11.5 Å². The highest BCUT2D eigenvalue weighted by Crippen LogP contribution is 2.28. The van der Waals surface area contributed by atoms with Gasteiger partial charge in [0, 0.05) is 12.6 Å². The summed E-state index contributed by atoms with van der Waals surface area (Å²) in [6.45, 7) is 0.855. The highest BCUT2D eigenvalue weighted by molar-refractivity contribution is 5.59. The molecule has 0 aliphatic carbocycles. The topological polar surface area (TPSA) is 30.5 Å². The predicted molar refractivity (Wildman–Crippen MR) is 78.2 cm³/mol. The number of rotatable bonds is 6. The van der Waals surface area contributed by atoms with Crippen molar-refractivity contribution in [3.8, 4) is 11.5 Å². The smallest absolute Gasteiger partial charge is 0.142 e. The van der Waals surface area contributed by atoms with Crippen molar-refractivity contribution < 1.29 is 9.47 Å². The third kappa shape index (κ3) is 3.65. The second-order valence-corrected chi connectivity index (χ2v) is 4.23. The number of methoxy groups -OCH3 is 2. The number of hydrogen-bond acceptors (Lipinski definition) is 3. The Morgan fingerprint density at radius 2 is 1.74 bits per heavy atom. The molecule has 1 N–H and O–H groups in total. The first-order valence-corrected chi connectivity index (χ1v) is 6.33. The second kappa shape index (κ2) is 6.69. The Kier molecular flexibility index (Phi) is 4.67. The van der Waals surface area contributed by atoms with Crippen molar-refractivity contribution in [3.63, 3.8) is 0 Å². The quantitative estimate of drug-likeness (QED) is 0.860. The molecule has 0 atom stereocenters. The summed E-state index contributed by atoms with van der Waals surface area (Å²) in [6, 6.07) is 16.1. The first-order chi connectivity index (χ1) is 9.33. The fraction of sp³-hybridized carbons (Fsp3) is 0.250. The molecular formula is C16H19NO2. The van der Waals surface area contributed by atoms with Gasteiger partial charge in [-0.3, -0.25) is 0 Å². The maximum Gasteiger partial charge on any atom is 0.142 e. The molecule has 0 spiro atoms. The second-order valence-electron chi connectivity index (χ2n) is 4.23. The van der Waals surface area contributed by atoms with Crippen LogP contribution in [0.1, 0.15) is 5.56 Å². The molecule has 0 aliphatic rings. The van der Waals surface area contributed by atoms with Crippen molar-refractivity contribution in [1.29, 1.82) is 0 Å². The van der Waals surface area contributed by atoms with E-state index in [9.17, 15) is 0 Å². The van der Waals surface area contributed by atoms with Crippen LogP contribution in [-0.4, -0.2) is 20.8 Å². The van der Waals surface area contributed by atoms with E-state index in [0.717, 1.165) is 30.2 Å². The lowest BCUT2D eigenvalue weighted by molar-refractivity contribution is 0.404. The molecule has 2 aromatic rings. The Hall–Kier alpha value is -2.16. The lowest BCUT2D eigenvalue weighted by Gasteiger charge is -2.12. The number of benzene rings is 2. The highest BCUT2D eigenvalue weighted by Gasteiger charge is 2.04. The largest absolute Gasteiger partial charge is 0.497 e. The van der Waals surface area contributed by atoms with Gasteiger partial charge in [-0.2, -0.15) is 0 Å². The van der Waals surface area contributed by atoms with Crippen LogP contribution in [0.3, 0.4) is 0 Å². The van der Waals surface area contributed by atoms with Crippen molar-refractivity contribution >= 4 is 5.69 Å². The van der Waals surface area contributed by atoms with Gasteiger partial charge >= 0.3 is 0 Å². The summed E-state index contributed by atoms with van der Waals surface area (Å²) in [5, 5.41) is 3.38. The Morgan fingerprint density at radius 1 is 0.947 bits per heavy atom. The van der Waals surface area contributed by atoms with Crippen LogP contribution in [0.2, 0.25) is 0 Å². The van der Waals surface area contributed by atoms with Gasteiger partial charge in [-0.05, 0) is 24.1 Å². The molecule has 0 amide bonds. The van der Waals surface area contributed by atoms with Crippen molar-refractivity contribution in [2.75, 3.05) is 26.1 Å². The molecule has 3 heteroatoms. The summed E-state index contributed by atoms with van der Waals surface area (Å²) >= 11 is 0. The minimum Gasteiger partial charge on any atom is -0.497 e. The van der Waals surface area contributed by atoms with Gasteiger partial charge in [-0.25, -0.2) is 0 Å². The molecule has 0 saturated carbocycles.